The normalized spacial score (nSPS) is 20.8. The van der Waals surface area contributed by atoms with E-state index in [1.165, 1.54) is 24.8 Å². The molecule has 17 heavy (non-hydrogen) atoms. The summed E-state index contributed by atoms with van der Waals surface area (Å²) in [6.45, 7) is 1.94. The standard InChI is InChI=1S/C13H16BrNO2/c14-11-9(13(8-15)4-1-5-13)2-3-10-12(11)17-7-6-16-10/h2-3H,1,4-8,15H2. The van der Waals surface area contributed by atoms with Crippen molar-refractivity contribution in [2.24, 2.45) is 5.73 Å². The lowest BCUT2D eigenvalue weighted by atomic mass is 9.64. The molecule has 92 valence electrons. The van der Waals surface area contributed by atoms with Crippen molar-refractivity contribution in [1.29, 1.82) is 0 Å². The highest BCUT2D eigenvalue weighted by atomic mass is 79.9. The van der Waals surface area contributed by atoms with E-state index in [2.05, 4.69) is 22.0 Å². The molecule has 1 saturated carbocycles. The van der Waals surface area contributed by atoms with E-state index in [1.807, 2.05) is 6.07 Å². The summed E-state index contributed by atoms with van der Waals surface area (Å²) in [5.74, 6) is 1.67. The summed E-state index contributed by atoms with van der Waals surface area (Å²) < 4.78 is 12.3. The molecule has 1 aromatic rings. The van der Waals surface area contributed by atoms with E-state index in [1.54, 1.807) is 0 Å². The first-order valence-electron chi connectivity index (χ1n) is 6.05. The van der Waals surface area contributed by atoms with Gasteiger partial charge in [-0.1, -0.05) is 12.5 Å². The second-order valence-electron chi connectivity index (χ2n) is 4.79. The number of hydrogen-bond acceptors (Lipinski definition) is 3. The molecule has 4 heteroatoms. The van der Waals surface area contributed by atoms with Crippen LogP contribution in [-0.2, 0) is 5.41 Å². The maximum Gasteiger partial charge on any atom is 0.175 e. The van der Waals surface area contributed by atoms with E-state index >= 15 is 0 Å². The van der Waals surface area contributed by atoms with Gasteiger partial charge in [-0.25, -0.2) is 0 Å². The fourth-order valence-electron chi connectivity index (χ4n) is 2.68. The van der Waals surface area contributed by atoms with Crippen molar-refractivity contribution < 1.29 is 9.47 Å². The molecular formula is C13H16BrNO2. The molecular weight excluding hydrogens is 282 g/mol. The predicted octanol–water partition coefficient (Wildman–Crippen LogP) is 2.60. The predicted molar refractivity (Wildman–Crippen MR) is 69.7 cm³/mol. The maximum atomic E-state index is 5.95. The molecule has 0 atom stereocenters. The molecule has 2 aliphatic rings. The quantitative estimate of drug-likeness (QED) is 0.913. The number of ether oxygens (including phenoxy) is 2. The van der Waals surface area contributed by atoms with Crippen molar-refractivity contribution in [2.75, 3.05) is 19.8 Å². The average Bonchev–Trinajstić information content (AvgIpc) is 2.31. The van der Waals surface area contributed by atoms with E-state index in [4.69, 9.17) is 15.2 Å². The molecule has 0 saturated heterocycles. The molecule has 0 unspecified atom stereocenters. The Hall–Kier alpha value is -0.740. The first kappa shape index (κ1) is 11.4. The molecule has 2 N–H and O–H groups in total. The lowest BCUT2D eigenvalue weighted by Crippen LogP contribution is -2.41. The van der Waals surface area contributed by atoms with Crippen LogP contribution in [0.25, 0.3) is 0 Å². The summed E-state index contributed by atoms with van der Waals surface area (Å²) in [5, 5.41) is 0. The summed E-state index contributed by atoms with van der Waals surface area (Å²) in [4.78, 5) is 0. The van der Waals surface area contributed by atoms with E-state index in [0.717, 1.165) is 16.0 Å². The molecule has 0 bridgehead atoms. The molecule has 0 radical (unpaired) electrons. The molecule has 1 fully saturated rings. The molecule has 1 aromatic carbocycles. The van der Waals surface area contributed by atoms with E-state index in [9.17, 15) is 0 Å². The number of halogens is 1. The number of fused-ring (bicyclic) bond motifs is 1. The monoisotopic (exact) mass is 297 g/mol. The van der Waals surface area contributed by atoms with Crippen molar-refractivity contribution in [3.05, 3.63) is 22.2 Å². The van der Waals surface area contributed by atoms with Gasteiger partial charge in [0.2, 0.25) is 0 Å². The second kappa shape index (κ2) is 4.18. The summed E-state index contributed by atoms with van der Waals surface area (Å²) in [6, 6.07) is 4.13. The van der Waals surface area contributed by atoms with Gasteiger partial charge < -0.3 is 15.2 Å². The van der Waals surface area contributed by atoms with Gasteiger partial charge in [0, 0.05) is 12.0 Å². The van der Waals surface area contributed by atoms with Crippen LogP contribution in [0.15, 0.2) is 16.6 Å². The van der Waals surface area contributed by atoms with Crippen molar-refractivity contribution in [1.82, 2.24) is 0 Å². The first-order valence-corrected chi connectivity index (χ1v) is 6.85. The average molecular weight is 298 g/mol. The number of nitrogens with two attached hydrogens (primary N) is 1. The first-order chi connectivity index (χ1) is 8.27. The Bertz CT molecular complexity index is 438. The van der Waals surface area contributed by atoms with Crippen molar-refractivity contribution in [3.8, 4) is 11.5 Å². The van der Waals surface area contributed by atoms with Crippen LogP contribution in [0.3, 0.4) is 0 Å². The molecule has 0 amide bonds. The third-order valence-electron chi connectivity index (χ3n) is 3.92. The highest BCUT2D eigenvalue weighted by Crippen LogP contribution is 2.50. The zero-order valence-corrected chi connectivity index (χ0v) is 11.3. The molecule has 0 spiro atoms. The minimum atomic E-state index is 0.147. The third-order valence-corrected chi connectivity index (χ3v) is 4.71. The molecule has 1 heterocycles. The third kappa shape index (κ3) is 1.66. The van der Waals surface area contributed by atoms with Crippen LogP contribution in [0.5, 0.6) is 11.5 Å². The highest BCUT2D eigenvalue weighted by Gasteiger charge is 2.40. The largest absolute Gasteiger partial charge is 0.486 e. The Morgan fingerprint density at radius 1 is 1.24 bits per heavy atom. The summed E-state index contributed by atoms with van der Waals surface area (Å²) in [5.41, 5.74) is 7.37. The number of hydrogen-bond donors (Lipinski definition) is 1. The Morgan fingerprint density at radius 3 is 2.65 bits per heavy atom. The smallest absolute Gasteiger partial charge is 0.175 e. The van der Waals surface area contributed by atoms with E-state index < -0.39 is 0 Å². The maximum absolute atomic E-state index is 5.95. The van der Waals surface area contributed by atoms with Gasteiger partial charge in [0.05, 0.1) is 4.47 Å². The van der Waals surface area contributed by atoms with Crippen molar-refractivity contribution in [3.63, 3.8) is 0 Å². The molecule has 1 aliphatic carbocycles. The van der Waals surface area contributed by atoms with E-state index in [0.29, 0.717) is 19.8 Å². The Balaban J connectivity index is 2.06. The molecule has 3 rings (SSSR count). The van der Waals surface area contributed by atoms with Gasteiger partial charge >= 0.3 is 0 Å². The summed E-state index contributed by atoms with van der Waals surface area (Å²) in [7, 11) is 0. The van der Waals surface area contributed by atoms with Crippen LogP contribution in [0.1, 0.15) is 24.8 Å². The minimum Gasteiger partial charge on any atom is -0.486 e. The lowest BCUT2D eigenvalue weighted by molar-refractivity contribution is 0.168. The van der Waals surface area contributed by atoms with Gasteiger partial charge in [-0.05, 0) is 40.4 Å². The zero-order chi connectivity index (χ0) is 11.9. The molecule has 0 aromatic heterocycles. The van der Waals surface area contributed by atoms with Crippen molar-refractivity contribution in [2.45, 2.75) is 24.7 Å². The Labute approximate surface area is 109 Å². The fourth-order valence-corrected chi connectivity index (χ4v) is 3.54. The van der Waals surface area contributed by atoms with Gasteiger partial charge in [0.1, 0.15) is 13.2 Å². The molecule has 1 aliphatic heterocycles. The lowest BCUT2D eigenvalue weighted by Gasteiger charge is -2.42. The van der Waals surface area contributed by atoms with Crippen LogP contribution < -0.4 is 15.2 Å². The molecule has 3 nitrogen and oxygen atoms in total. The Kier molecular flexibility index (Phi) is 2.79. The van der Waals surface area contributed by atoms with Crippen LogP contribution in [0.2, 0.25) is 0 Å². The Morgan fingerprint density at radius 2 is 2.00 bits per heavy atom. The van der Waals surface area contributed by atoms with Crippen LogP contribution in [0.4, 0.5) is 0 Å². The van der Waals surface area contributed by atoms with Crippen LogP contribution in [0, 0.1) is 0 Å². The fraction of sp³-hybridized carbons (Fsp3) is 0.538. The van der Waals surface area contributed by atoms with Gasteiger partial charge in [0.15, 0.2) is 11.5 Å². The topological polar surface area (TPSA) is 44.5 Å². The second-order valence-corrected chi connectivity index (χ2v) is 5.58. The van der Waals surface area contributed by atoms with Gasteiger partial charge in [-0.2, -0.15) is 0 Å². The van der Waals surface area contributed by atoms with E-state index in [-0.39, 0.29) is 5.41 Å². The number of rotatable bonds is 2. The minimum absolute atomic E-state index is 0.147. The number of benzene rings is 1. The van der Waals surface area contributed by atoms with Crippen molar-refractivity contribution >= 4 is 15.9 Å². The summed E-state index contributed by atoms with van der Waals surface area (Å²) in [6.07, 6.45) is 3.60. The highest BCUT2D eigenvalue weighted by molar-refractivity contribution is 9.10. The SMILES string of the molecule is NCC1(c2ccc3c(c2Br)OCCO3)CCC1. The van der Waals surface area contributed by atoms with Crippen LogP contribution >= 0.6 is 15.9 Å². The van der Waals surface area contributed by atoms with Gasteiger partial charge in [-0.15, -0.1) is 0 Å². The van der Waals surface area contributed by atoms with Crippen LogP contribution in [-0.4, -0.2) is 19.8 Å². The van der Waals surface area contributed by atoms with Gasteiger partial charge in [0.25, 0.3) is 0 Å². The summed E-state index contributed by atoms with van der Waals surface area (Å²) >= 11 is 3.66. The zero-order valence-electron chi connectivity index (χ0n) is 9.67. The van der Waals surface area contributed by atoms with Gasteiger partial charge in [-0.3, -0.25) is 0 Å².